The molecule has 1 saturated heterocycles. The maximum Gasteiger partial charge on any atom is 0.191 e. The molecule has 0 unspecified atom stereocenters. The van der Waals surface area contributed by atoms with Crippen molar-refractivity contribution in [1.82, 2.24) is 10.6 Å². The van der Waals surface area contributed by atoms with E-state index in [1.165, 1.54) is 5.00 Å². The third kappa shape index (κ3) is 6.75. The van der Waals surface area contributed by atoms with Crippen molar-refractivity contribution in [3.05, 3.63) is 17.5 Å². The first-order valence-electron chi connectivity index (χ1n) is 8.00. The van der Waals surface area contributed by atoms with Gasteiger partial charge in [-0.05, 0) is 30.4 Å². The number of sulfone groups is 1. The van der Waals surface area contributed by atoms with E-state index in [9.17, 15) is 8.42 Å². The van der Waals surface area contributed by atoms with Crippen LogP contribution in [0.1, 0.15) is 19.8 Å². The Morgan fingerprint density at radius 3 is 2.67 bits per heavy atom. The highest BCUT2D eigenvalue weighted by Gasteiger charge is 2.20. The molecule has 0 bridgehead atoms. The third-order valence-corrected chi connectivity index (χ3v) is 6.66. The van der Waals surface area contributed by atoms with Crippen LogP contribution < -0.4 is 15.5 Å². The summed E-state index contributed by atoms with van der Waals surface area (Å²) in [5.74, 6) is 1.01. The summed E-state index contributed by atoms with van der Waals surface area (Å²) in [4.78, 5) is 6.59. The van der Waals surface area contributed by atoms with Crippen LogP contribution in [0.3, 0.4) is 0 Å². The zero-order valence-electron chi connectivity index (χ0n) is 14.2. The maximum atomic E-state index is 11.5. The Morgan fingerprint density at radius 2 is 2.12 bits per heavy atom. The fourth-order valence-electron chi connectivity index (χ4n) is 2.55. The molecule has 1 aromatic rings. The molecule has 6 nitrogen and oxygen atoms in total. The summed E-state index contributed by atoms with van der Waals surface area (Å²) in [5.41, 5.74) is 0. The zero-order valence-corrected chi connectivity index (χ0v) is 18.2. The van der Waals surface area contributed by atoms with Gasteiger partial charge < -0.3 is 15.5 Å². The Kier molecular flexibility index (Phi) is 9.35. The Hall–Kier alpha value is -0.550. The van der Waals surface area contributed by atoms with E-state index in [1.807, 2.05) is 0 Å². The van der Waals surface area contributed by atoms with E-state index in [0.29, 0.717) is 18.5 Å². The molecule has 0 amide bonds. The summed E-state index contributed by atoms with van der Waals surface area (Å²) in [6.07, 6.45) is 2.09. The highest BCUT2D eigenvalue weighted by Crippen LogP contribution is 2.24. The lowest BCUT2D eigenvalue weighted by atomic mass is 10.1. The second kappa shape index (κ2) is 10.4. The van der Waals surface area contributed by atoms with Crippen LogP contribution in [-0.4, -0.2) is 58.6 Å². The van der Waals surface area contributed by atoms with Crippen LogP contribution in [0.25, 0.3) is 0 Å². The predicted octanol–water partition coefficient (Wildman–Crippen LogP) is 1.93. The molecule has 0 radical (unpaired) electrons. The molecule has 2 N–H and O–H groups in total. The molecule has 138 valence electrons. The van der Waals surface area contributed by atoms with E-state index >= 15 is 0 Å². The predicted molar refractivity (Wildman–Crippen MR) is 114 cm³/mol. The van der Waals surface area contributed by atoms with Crippen LogP contribution in [0.2, 0.25) is 0 Å². The Bertz CT molecular complexity index is 597. The van der Waals surface area contributed by atoms with Gasteiger partial charge in [-0.25, -0.2) is 8.42 Å². The molecule has 9 heteroatoms. The molecule has 1 aliphatic rings. The van der Waals surface area contributed by atoms with Gasteiger partial charge in [-0.2, -0.15) is 0 Å². The largest absolute Gasteiger partial charge is 0.363 e. The average Bonchev–Trinajstić information content (AvgIpc) is 3.09. The van der Waals surface area contributed by atoms with Crippen LogP contribution in [-0.2, 0) is 9.84 Å². The van der Waals surface area contributed by atoms with Gasteiger partial charge in [-0.3, -0.25) is 4.99 Å². The number of hydrogen-bond acceptors (Lipinski definition) is 5. The second-order valence-corrected chi connectivity index (χ2v) is 8.99. The molecule has 2 heterocycles. The van der Waals surface area contributed by atoms with Crippen LogP contribution in [0.4, 0.5) is 5.00 Å². The minimum absolute atomic E-state index is 0. The molecule has 0 atom stereocenters. The summed E-state index contributed by atoms with van der Waals surface area (Å²) >= 11 is 1.78. The highest BCUT2D eigenvalue weighted by molar-refractivity contribution is 14.0. The van der Waals surface area contributed by atoms with Gasteiger partial charge in [-0.1, -0.05) is 6.92 Å². The quantitative estimate of drug-likeness (QED) is 0.365. The number of hydrogen-bond donors (Lipinski definition) is 2. The van der Waals surface area contributed by atoms with E-state index in [1.54, 1.807) is 25.3 Å². The Balaban J connectivity index is 0.00000288. The lowest BCUT2D eigenvalue weighted by Gasteiger charge is -2.33. The Morgan fingerprint density at radius 1 is 1.42 bits per heavy atom. The standard InChI is InChI=1S/C15H26N4O2S2.HI/c1-3-23(20,21)12-8-17-15(16-2)18-13-6-9-19(10-7-13)14-5-4-11-22-14;/h4-5,11,13H,3,6-10,12H2,1-2H3,(H2,16,17,18);1H. The van der Waals surface area contributed by atoms with E-state index < -0.39 is 9.84 Å². The number of halogens is 1. The highest BCUT2D eigenvalue weighted by atomic mass is 127. The molecule has 2 rings (SSSR count). The number of guanidine groups is 1. The summed E-state index contributed by atoms with van der Waals surface area (Å²) in [6.45, 7) is 4.12. The van der Waals surface area contributed by atoms with Crippen molar-refractivity contribution in [2.24, 2.45) is 4.99 Å². The van der Waals surface area contributed by atoms with E-state index in [-0.39, 0.29) is 35.5 Å². The molecule has 1 aromatic heterocycles. The lowest BCUT2D eigenvalue weighted by Crippen LogP contribution is -2.49. The SMILES string of the molecule is CCS(=O)(=O)CCNC(=NC)NC1CCN(c2cccs2)CC1.I. The van der Waals surface area contributed by atoms with Crippen molar-refractivity contribution >= 4 is 56.1 Å². The monoisotopic (exact) mass is 486 g/mol. The second-order valence-electron chi connectivity index (χ2n) is 5.59. The molecule has 0 saturated carbocycles. The number of anilines is 1. The van der Waals surface area contributed by atoms with Crippen molar-refractivity contribution < 1.29 is 8.42 Å². The van der Waals surface area contributed by atoms with Gasteiger partial charge in [0.2, 0.25) is 0 Å². The van der Waals surface area contributed by atoms with Gasteiger partial charge in [0.25, 0.3) is 0 Å². The van der Waals surface area contributed by atoms with Crippen LogP contribution in [0.5, 0.6) is 0 Å². The van der Waals surface area contributed by atoms with Crippen molar-refractivity contribution in [2.45, 2.75) is 25.8 Å². The van der Waals surface area contributed by atoms with Gasteiger partial charge >= 0.3 is 0 Å². The fraction of sp³-hybridized carbons (Fsp3) is 0.667. The first-order chi connectivity index (χ1) is 11.0. The van der Waals surface area contributed by atoms with E-state index in [0.717, 1.165) is 25.9 Å². The smallest absolute Gasteiger partial charge is 0.191 e. The molecule has 1 fully saturated rings. The fourth-order valence-corrected chi connectivity index (χ4v) is 4.04. The molecular weight excluding hydrogens is 459 g/mol. The number of thiophene rings is 1. The van der Waals surface area contributed by atoms with E-state index in [4.69, 9.17) is 0 Å². The average molecular weight is 486 g/mol. The van der Waals surface area contributed by atoms with Gasteiger partial charge in [0.1, 0.15) is 0 Å². The number of nitrogens with one attached hydrogen (secondary N) is 2. The number of aliphatic imine (C=N–C) groups is 1. The van der Waals surface area contributed by atoms with Gasteiger partial charge in [0.05, 0.1) is 10.8 Å². The Labute approximate surface area is 166 Å². The van der Waals surface area contributed by atoms with Crippen molar-refractivity contribution in [2.75, 3.05) is 43.1 Å². The van der Waals surface area contributed by atoms with Crippen molar-refractivity contribution in [3.63, 3.8) is 0 Å². The molecule has 1 aliphatic heterocycles. The first-order valence-corrected chi connectivity index (χ1v) is 10.7. The van der Waals surface area contributed by atoms with Gasteiger partial charge in [0, 0.05) is 38.5 Å². The normalized spacial score (nSPS) is 16.6. The van der Waals surface area contributed by atoms with Crippen LogP contribution >= 0.6 is 35.3 Å². The molecular formula is C15H27IN4O2S2. The van der Waals surface area contributed by atoms with Crippen molar-refractivity contribution in [1.29, 1.82) is 0 Å². The number of rotatable bonds is 6. The molecule has 0 aliphatic carbocycles. The number of nitrogens with zero attached hydrogens (tertiary/aromatic N) is 2. The summed E-state index contributed by atoms with van der Waals surface area (Å²) in [7, 11) is -1.23. The summed E-state index contributed by atoms with van der Waals surface area (Å²) in [6, 6.07) is 4.62. The maximum absolute atomic E-state index is 11.5. The number of piperidine rings is 1. The zero-order chi connectivity index (χ0) is 16.7. The van der Waals surface area contributed by atoms with E-state index in [2.05, 4.69) is 38.0 Å². The van der Waals surface area contributed by atoms with Gasteiger partial charge in [0.15, 0.2) is 15.8 Å². The third-order valence-electron chi connectivity index (χ3n) is 4.02. The minimum atomic E-state index is -2.94. The summed E-state index contributed by atoms with van der Waals surface area (Å²) < 4.78 is 23.0. The molecule has 0 spiro atoms. The molecule has 24 heavy (non-hydrogen) atoms. The van der Waals surface area contributed by atoms with Crippen LogP contribution in [0.15, 0.2) is 22.5 Å². The summed E-state index contributed by atoms with van der Waals surface area (Å²) in [5, 5.41) is 9.93. The topological polar surface area (TPSA) is 73.8 Å². The minimum Gasteiger partial charge on any atom is -0.363 e. The first kappa shape index (κ1) is 21.5. The van der Waals surface area contributed by atoms with Crippen LogP contribution in [0, 0.1) is 0 Å². The van der Waals surface area contributed by atoms with Gasteiger partial charge in [-0.15, -0.1) is 35.3 Å². The lowest BCUT2D eigenvalue weighted by molar-refractivity contribution is 0.463. The molecule has 0 aromatic carbocycles. The van der Waals surface area contributed by atoms with Crippen molar-refractivity contribution in [3.8, 4) is 0 Å².